The maximum atomic E-state index is 13.1. The molecule has 1 atom stereocenters. The molecule has 4 heteroatoms. The van der Waals surface area contributed by atoms with Gasteiger partial charge in [-0.05, 0) is 43.7 Å². The first-order valence-corrected chi connectivity index (χ1v) is 10.2. The predicted octanol–water partition coefficient (Wildman–Crippen LogP) is 3.97. The quantitative estimate of drug-likeness (QED) is 0.812. The van der Waals surface area contributed by atoms with Gasteiger partial charge in [-0.1, -0.05) is 56.9 Å². The molecule has 142 valence electrons. The lowest BCUT2D eigenvalue weighted by Crippen LogP contribution is -2.56. The zero-order valence-electron chi connectivity index (χ0n) is 16.2. The van der Waals surface area contributed by atoms with Crippen LogP contribution in [0.25, 0.3) is 0 Å². The van der Waals surface area contributed by atoms with Crippen molar-refractivity contribution in [3.63, 3.8) is 0 Å². The second-order valence-electron chi connectivity index (χ2n) is 8.09. The highest BCUT2D eigenvalue weighted by Crippen LogP contribution is 2.32. The molecule has 1 saturated heterocycles. The van der Waals surface area contributed by atoms with Crippen LogP contribution in [-0.2, 0) is 22.6 Å². The van der Waals surface area contributed by atoms with Gasteiger partial charge in [-0.25, -0.2) is 0 Å². The number of hydrogen-bond donors (Lipinski definition) is 1. The highest BCUT2D eigenvalue weighted by Gasteiger charge is 2.47. The van der Waals surface area contributed by atoms with Crippen LogP contribution in [0.1, 0.15) is 76.3 Å². The molecular formula is C22H32N2O2. The lowest BCUT2D eigenvalue weighted by atomic mass is 9.95. The van der Waals surface area contributed by atoms with Crippen LogP contribution in [0.4, 0.5) is 0 Å². The number of nitrogens with zero attached hydrogens (tertiary/aromatic N) is 1. The van der Waals surface area contributed by atoms with Crippen molar-refractivity contribution in [1.29, 1.82) is 0 Å². The van der Waals surface area contributed by atoms with Gasteiger partial charge in [-0.3, -0.25) is 9.59 Å². The van der Waals surface area contributed by atoms with Crippen molar-refractivity contribution in [1.82, 2.24) is 10.2 Å². The van der Waals surface area contributed by atoms with Crippen molar-refractivity contribution in [2.75, 3.05) is 0 Å². The second kappa shape index (κ2) is 8.24. The number of carbonyl (C=O) groups excluding carboxylic acids is 2. The number of benzene rings is 1. The van der Waals surface area contributed by atoms with Crippen LogP contribution >= 0.6 is 0 Å². The van der Waals surface area contributed by atoms with Crippen LogP contribution in [-0.4, -0.2) is 28.3 Å². The second-order valence-corrected chi connectivity index (χ2v) is 8.09. The van der Waals surface area contributed by atoms with E-state index in [0.717, 1.165) is 24.8 Å². The minimum Gasteiger partial charge on any atom is -0.351 e. The van der Waals surface area contributed by atoms with E-state index in [1.807, 2.05) is 6.92 Å². The van der Waals surface area contributed by atoms with E-state index in [1.165, 1.54) is 31.2 Å². The molecule has 4 nitrogen and oxygen atoms in total. The summed E-state index contributed by atoms with van der Waals surface area (Å²) in [6.45, 7) is 4.58. The molecule has 3 rings (SSSR count). The fraction of sp³-hybridized carbons (Fsp3) is 0.636. The lowest BCUT2D eigenvalue weighted by molar-refractivity contribution is -0.141. The summed E-state index contributed by atoms with van der Waals surface area (Å²) in [6, 6.07) is 8.64. The van der Waals surface area contributed by atoms with Gasteiger partial charge in [-0.15, -0.1) is 0 Å². The molecule has 1 heterocycles. The lowest BCUT2D eigenvalue weighted by Gasteiger charge is -2.35. The number of carbonyl (C=O) groups is 2. The number of amides is 2. The first-order chi connectivity index (χ1) is 12.5. The molecule has 0 spiro atoms. The Morgan fingerprint density at radius 2 is 1.73 bits per heavy atom. The van der Waals surface area contributed by atoms with Crippen LogP contribution < -0.4 is 5.32 Å². The molecule has 1 aliphatic carbocycles. The average molecular weight is 357 g/mol. The molecule has 0 aromatic heterocycles. The Hall–Kier alpha value is -1.84. The van der Waals surface area contributed by atoms with Gasteiger partial charge in [0, 0.05) is 19.0 Å². The first-order valence-electron chi connectivity index (χ1n) is 10.2. The minimum atomic E-state index is -0.729. The molecule has 1 aromatic carbocycles. The zero-order chi connectivity index (χ0) is 18.6. The first kappa shape index (κ1) is 18.9. The summed E-state index contributed by atoms with van der Waals surface area (Å²) in [5, 5.41) is 3.26. The Labute approximate surface area is 157 Å². The Morgan fingerprint density at radius 3 is 2.35 bits per heavy atom. The third-order valence-corrected chi connectivity index (χ3v) is 6.17. The zero-order valence-corrected chi connectivity index (χ0v) is 16.2. The van der Waals surface area contributed by atoms with Gasteiger partial charge in [-0.2, -0.15) is 0 Å². The Bertz CT molecular complexity index is 632. The van der Waals surface area contributed by atoms with E-state index in [2.05, 4.69) is 36.5 Å². The largest absolute Gasteiger partial charge is 0.351 e. The van der Waals surface area contributed by atoms with Gasteiger partial charge in [0.05, 0.1) is 0 Å². The monoisotopic (exact) mass is 356 g/mol. The molecular weight excluding hydrogens is 324 g/mol. The van der Waals surface area contributed by atoms with E-state index in [0.29, 0.717) is 19.4 Å². The molecule has 2 amide bonds. The highest BCUT2D eigenvalue weighted by atomic mass is 16.2. The summed E-state index contributed by atoms with van der Waals surface area (Å²) in [6.07, 6.45) is 9.11. The number of nitrogens with one attached hydrogen (secondary N) is 1. The van der Waals surface area contributed by atoms with E-state index < -0.39 is 5.54 Å². The standard InChI is InChI=1S/C22H32N2O2/c1-3-17-10-12-18(13-11-17)16-24-20(25)14-15-22(24,2)21(26)23-19-8-6-4-5-7-9-19/h10-13,19H,3-9,14-16H2,1-2H3,(H,23,26)/t22-/m0/s1. The Balaban J connectivity index is 1.70. The van der Waals surface area contributed by atoms with Gasteiger partial charge < -0.3 is 10.2 Å². The summed E-state index contributed by atoms with van der Waals surface area (Å²) < 4.78 is 0. The van der Waals surface area contributed by atoms with Crippen LogP contribution in [0.5, 0.6) is 0 Å². The normalized spacial score (nSPS) is 24.5. The van der Waals surface area contributed by atoms with Gasteiger partial charge in [0.1, 0.15) is 5.54 Å². The molecule has 1 saturated carbocycles. The topological polar surface area (TPSA) is 49.4 Å². The number of rotatable bonds is 5. The number of aryl methyl sites for hydroxylation is 1. The highest BCUT2D eigenvalue weighted by molar-refractivity contribution is 5.94. The average Bonchev–Trinajstić information content (AvgIpc) is 2.83. The predicted molar refractivity (Wildman–Crippen MR) is 104 cm³/mol. The van der Waals surface area contributed by atoms with E-state index in [1.54, 1.807) is 4.90 Å². The van der Waals surface area contributed by atoms with Gasteiger partial charge in [0.25, 0.3) is 0 Å². The minimum absolute atomic E-state index is 0.0282. The molecule has 0 bridgehead atoms. The van der Waals surface area contributed by atoms with E-state index in [4.69, 9.17) is 0 Å². The fourth-order valence-electron chi connectivity index (χ4n) is 4.22. The van der Waals surface area contributed by atoms with Crippen molar-refractivity contribution in [3.05, 3.63) is 35.4 Å². The maximum Gasteiger partial charge on any atom is 0.245 e. The third kappa shape index (κ3) is 4.11. The van der Waals surface area contributed by atoms with Crippen LogP contribution in [0, 0.1) is 0 Å². The molecule has 2 fully saturated rings. The maximum absolute atomic E-state index is 13.1. The summed E-state index contributed by atoms with van der Waals surface area (Å²) in [4.78, 5) is 27.4. The molecule has 2 aliphatic rings. The van der Waals surface area contributed by atoms with Crippen molar-refractivity contribution in [2.24, 2.45) is 0 Å². The molecule has 1 aromatic rings. The van der Waals surface area contributed by atoms with Crippen LogP contribution in [0.15, 0.2) is 24.3 Å². The van der Waals surface area contributed by atoms with Crippen molar-refractivity contribution >= 4 is 11.8 Å². The molecule has 26 heavy (non-hydrogen) atoms. The van der Waals surface area contributed by atoms with E-state index in [9.17, 15) is 9.59 Å². The van der Waals surface area contributed by atoms with Gasteiger partial charge in [0.15, 0.2) is 0 Å². The molecule has 1 aliphatic heterocycles. The SMILES string of the molecule is CCc1ccc(CN2C(=O)CC[C@@]2(C)C(=O)NC2CCCCCC2)cc1. The molecule has 0 radical (unpaired) electrons. The fourth-order valence-corrected chi connectivity index (χ4v) is 4.22. The summed E-state index contributed by atoms with van der Waals surface area (Å²) in [7, 11) is 0. The van der Waals surface area contributed by atoms with Crippen molar-refractivity contribution in [2.45, 2.75) is 89.8 Å². The summed E-state index contributed by atoms with van der Waals surface area (Å²) >= 11 is 0. The Kier molecular flexibility index (Phi) is 6.00. The summed E-state index contributed by atoms with van der Waals surface area (Å²) in [5.41, 5.74) is 1.65. The molecule has 0 unspecified atom stereocenters. The van der Waals surface area contributed by atoms with Crippen LogP contribution in [0.2, 0.25) is 0 Å². The smallest absolute Gasteiger partial charge is 0.245 e. The molecule has 1 N–H and O–H groups in total. The Morgan fingerprint density at radius 1 is 1.12 bits per heavy atom. The number of likely N-dealkylation sites (tertiary alicyclic amines) is 1. The van der Waals surface area contributed by atoms with E-state index >= 15 is 0 Å². The van der Waals surface area contributed by atoms with Gasteiger partial charge >= 0.3 is 0 Å². The van der Waals surface area contributed by atoms with Crippen molar-refractivity contribution in [3.8, 4) is 0 Å². The number of hydrogen-bond acceptors (Lipinski definition) is 2. The van der Waals surface area contributed by atoms with Crippen LogP contribution in [0.3, 0.4) is 0 Å². The van der Waals surface area contributed by atoms with Gasteiger partial charge in [0.2, 0.25) is 11.8 Å². The van der Waals surface area contributed by atoms with E-state index in [-0.39, 0.29) is 17.9 Å². The summed E-state index contributed by atoms with van der Waals surface area (Å²) in [5.74, 6) is 0.114. The van der Waals surface area contributed by atoms with Crippen molar-refractivity contribution < 1.29 is 9.59 Å². The third-order valence-electron chi connectivity index (χ3n) is 6.17.